The number of likely N-dealkylation sites (tertiary alicyclic amines) is 1. The van der Waals surface area contributed by atoms with Crippen LogP contribution >= 0.6 is 0 Å². The fourth-order valence-corrected chi connectivity index (χ4v) is 2.17. The molecule has 1 unspecified atom stereocenters. The van der Waals surface area contributed by atoms with Crippen LogP contribution in [0.4, 0.5) is 4.79 Å². The van der Waals surface area contributed by atoms with E-state index in [-0.39, 0.29) is 12.2 Å². The van der Waals surface area contributed by atoms with E-state index in [1.807, 2.05) is 20.8 Å². The van der Waals surface area contributed by atoms with Crippen molar-refractivity contribution in [2.45, 2.75) is 51.9 Å². The second-order valence-corrected chi connectivity index (χ2v) is 6.20. The van der Waals surface area contributed by atoms with Gasteiger partial charge in [-0.1, -0.05) is 0 Å². The maximum absolute atomic E-state index is 12.1. The molecular weight excluding hydrogens is 270 g/mol. The third-order valence-corrected chi connectivity index (χ3v) is 3.11. The molecule has 6 heteroatoms. The average molecular weight is 293 g/mol. The monoisotopic (exact) mass is 293 g/mol. The van der Waals surface area contributed by atoms with E-state index >= 15 is 0 Å². The van der Waals surface area contributed by atoms with Crippen LogP contribution in [0.2, 0.25) is 0 Å². The number of ether oxygens (including phenoxy) is 2. The Labute approximate surface area is 125 Å². The van der Waals surface area contributed by atoms with Gasteiger partial charge < -0.3 is 14.4 Å². The molecule has 2 heterocycles. The van der Waals surface area contributed by atoms with E-state index in [1.54, 1.807) is 23.5 Å². The molecule has 0 spiro atoms. The minimum atomic E-state index is -0.468. The highest BCUT2D eigenvalue weighted by atomic mass is 16.6. The Hall–Kier alpha value is -1.69. The first kappa shape index (κ1) is 15.7. The molecule has 0 bridgehead atoms. The number of piperidine rings is 1. The van der Waals surface area contributed by atoms with Gasteiger partial charge in [0, 0.05) is 18.9 Å². The smallest absolute Gasteiger partial charge is 0.410 e. The highest BCUT2D eigenvalue weighted by Crippen LogP contribution is 2.17. The normalized spacial score (nSPS) is 19.4. The third kappa shape index (κ3) is 5.30. The van der Waals surface area contributed by atoms with Gasteiger partial charge in [0.2, 0.25) is 0 Å². The van der Waals surface area contributed by atoms with Gasteiger partial charge in [-0.05, 0) is 33.6 Å². The van der Waals surface area contributed by atoms with Crippen LogP contribution in [0.15, 0.2) is 18.6 Å². The van der Waals surface area contributed by atoms with Crippen LogP contribution < -0.4 is 0 Å². The Morgan fingerprint density at radius 1 is 1.43 bits per heavy atom. The first-order chi connectivity index (χ1) is 9.94. The van der Waals surface area contributed by atoms with Crippen LogP contribution in [0.1, 0.15) is 39.3 Å². The topological polar surface area (TPSA) is 64.5 Å². The van der Waals surface area contributed by atoms with Crippen molar-refractivity contribution in [3.05, 3.63) is 24.3 Å². The molecule has 1 aliphatic heterocycles. The van der Waals surface area contributed by atoms with E-state index in [9.17, 15) is 4.79 Å². The number of rotatable bonds is 3. The van der Waals surface area contributed by atoms with E-state index in [0.29, 0.717) is 13.2 Å². The van der Waals surface area contributed by atoms with E-state index in [2.05, 4.69) is 9.97 Å². The summed E-state index contributed by atoms with van der Waals surface area (Å²) in [5, 5.41) is 0. The zero-order chi connectivity index (χ0) is 15.3. The van der Waals surface area contributed by atoms with Gasteiger partial charge in [-0.25, -0.2) is 4.79 Å². The lowest BCUT2D eigenvalue weighted by atomic mass is 10.1. The van der Waals surface area contributed by atoms with Gasteiger partial charge in [-0.15, -0.1) is 0 Å². The number of amides is 1. The molecule has 0 aliphatic carbocycles. The van der Waals surface area contributed by atoms with Crippen LogP contribution in [0.25, 0.3) is 0 Å². The molecule has 1 atom stereocenters. The number of hydrogen-bond donors (Lipinski definition) is 0. The summed E-state index contributed by atoms with van der Waals surface area (Å²) in [6.07, 6.45) is 6.59. The molecule has 21 heavy (non-hydrogen) atoms. The van der Waals surface area contributed by atoms with Crippen molar-refractivity contribution in [2.24, 2.45) is 0 Å². The first-order valence-corrected chi connectivity index (χ1v) is 7.28. The molecule has 2 rings (SSSR count). The summed E-state index contributed by atoms with van der Waals surface area (Å²) in [5.41, 5.74) is 0.330. The van der Waals surface area contributed by atoms with Crippen molar-refractivity contribution in [2.75, 3.05) is 13.1 Å². The fourth-order valence-electron chi connectivity index (χ4n) is 2.17. The van der Waals surface area contributed by atoms with Gasteiger partial charge >= 0.3 is 6.09 Å². The van der Waals surface area contributed by atoms with Crippen molar-refractivity contribution in [1.29, 1.82) is 0 Å². The minimum Gasteiger partial charge on any atom is -0.444 e. The molecule has 1 fully saturated rings. The van der Waals surface area contributed by atoms with Crippen LogP contribution in [-0.2, 0) is 16.1 Å². The first-order valence-electron chi connectivity index (χ1n) is 7.28. The Balaban J connectivity index is 1.82. The molecule has 6 nitrogen and oxygen atoms in total. The van der Waals surface area contributed by atoms with Crippen LogP contribution in [0.5, 0.6) is 0 Å². The van der Waals surface area contributed by atoms with Crippen molar-refractivity contribution in [3.8, 4) is 0 Å². The fraction of sp³-hybridized carbons (Fsp3) is 0.667. The molecule has 0 N–H and O–H groups in total. The predicted molar refractivity (Wildman–Crippen MR) is 77.7 cm³/mol. The number of aromatic nitrogens is 2. The van der Waals surface area contributed by atoms with Crippen molar-refractivity contribution >= 4 is 6.09 Å². The Morgan fingerprint density at radius 2 is 2.24 bits per heavy atom. The highest BCUT2D eigenvalue weighted by Gasteiger charge is 2.28. The average Bonchev–Trinajstić information content (AvgIpc) is 2.45. The maximum Gasteiger partial charge on any atom is 0.410 e. The molecule has 116 valence electrons. The van der Waals surface area contributed by atoms with E-state index < -0.39 is 5.60 Å². The molecule has 1 aromatic heterocycles. The van der Waals surface area contributed by atoms with Crippen molar-refractivity contribution in [1.82, 2.24) is 14.9 Å². The SMILES string of the molecule is CC(C)(C)OC(=O)N1CCCC(OCc2cnccn2)C1. The predicted octanol–water partition coefficient (Wildman–Crippen LogP) is 2.39. The molecule has 1 aromatic rings. The summed E-state index contributed by atoms with van der Waals surface area (Å²) in [5.74, 6) is 0. The van der Waals surface area contributed by atoms with Gasteiger partial charge in [-0.3, -0.25) is 9.97 Å². The van der Waals surface area contributed by atoms with Gasteiger partial charge in [0.05, 0.1) is 31.1 Å². The molecule has 1 saturated heterocycles. The van der Waals surface area contributed by atoms with Crippen molar-refractivity contribution in [3.63, 3.8) is 0 Å². The van der Waals surface area contributed by atoms with E-state index in [4.69, 9.17) is 9.47 Å². The second-order valence-electron chi connectivity index (χ2n) is 6.20. The largest absolute Gasteiger partial charge is 0.444 e. The lowest BCUT2D eigenvalue weighted by Gasteiger charge is -2.33. The van der Waals surface area contributed by atoms with E-state index in [0.717, 1.165) is 25.1 Å². The molecule has 1 aliphatic rings. The summed E-state index contributed by atoms with van der Waals surface area (Å²) < 4.78 is 11.2. The van der Waals surface area contributed by atoms with Crippen LogP contribution in [-0.4, -0.2) is 45.8 Å². The zero-order valence-electron chi connectivity index (χ0n) is 12.9. The molecule has 1 amide bonds. The van der Waals surface area contributed by atoms with Gasteiger partial charge in [-0.2, -0.15) is 0 Å². The molecule has 0 radical (unpaired) electrons. The van der Waals surface area contributed by atoms with Crippen LogP contribution in [0, 0.1) is 0 Å². The molecular formula is C15H23N3O3. The summed E-state index contributed by atoms with van der Waals surface area (Å²) in [6.45, 7) is 7.32. The molecule has 0 aromatic carbocycles. The number of carbonyl (C=O) groups is 1. The number of carbonyl (C=O) groups excluding carboxylic acids is 1. The zero-order valence-corrected chi connectivity index (χ0v) is 12.9. The standard InChI is InChI=1S/C15H23N3O3/c1-15(2,3)21-14(19)18-8-4-5-13(10-18)20-11-12-9-16-6-7-17-12/h6-7,9,13H,4-5,8,10-11H2,1-3H3. The van der Waals surface area contributed by atoms with Crippen LogP contribution in [0.3, 0.4) is 0 Å². The summed E-state index contributed by atoms with van der Waals surface area (Å²) in [7, 11) is 0. The van der Waals surface area contributed by atoms with E-state index in [1.165, 1.54) is 0 Å². The van der Waals surface area contributed by atoms with Gasteiger partial charge in [0.25, 0.3) is 0 Å². The highest BCUT2D eigenvalue weighted by molar-refractivity contribution is 5.68. The Morgan fingerprint density at radius 3 is 2.90 bits per heavy atom. The van der Waals surface area contributed by atoms with Gasteiger partial charge in [0.15, 0.2) is 0 Å². The molecule has 0 saturated carbocycles. The van der Waals surface area contributed by atoms with Gasteiger partial charge in [0.1, 0.15) is 5.60 Å². The minimum absolute atomic E-state index is 0.0216. The number of hydrogen-bond acceptors (Lipinski definition) is 5. The second kappa shape index (κ2) is 6.85. The number of nitrogens with zero attached hydrogens (tertiary/aromatic N) is 3. The Kier molecular flexibility index (Phi) is 5.12. The summed E-state index contributed by atoms with van der Waals surface area (Å²) in [6, 6.07) is 0. The quantitative estimate of drug-likeness (QED) is 0.856. The summed E-state index contributed by atoms with van der Waals surface area (Å²) in [4.78, 5) is 22.0. The lowest BCUT2D eigenvalue weighted by molar-refractivity contribution is -0.0266. The third-order valence-electron chi connectivity index (χ3n) is 3.11. The lowest BCUT2D eigenvalue weighted by Crippen LogP contribution is -2.45. The summed E-state index contributed by atoms with van der Waals surface area (Å²) >= 11 is 0. The van der Waals surface area contributed by atoms with Crippen molar-refractivity contribution < 1.29 is 14.3 Å². The Bertz CT molecular complexity index is 459. The maximum atomic E-state index is 12.1.